The molecule has 2 aromatic rings. The zero-order valence-corrected chi connectivity index (χ0v) is 16.8. The lowest BCUT2D eigenvalue weighted by Gasteiger charge is -2.12. The Kier molecular flexibility index (Phi) is 6.09. The zero-order valence-electron chi connectivity index (χ0n) is 15.2. The standard InChI is InChI=1S/C18H18F3N3O2S2/c1-3-24-16(26)15-13(7-10(2)28-15)23-17(24)27-9-14(25)22-12-6-4-5-11(8-12)18(19,20)21/h4-6,8,10H,3,7,9H2,1-2H3,(H,22,25)/t10-/m1/s1. The van der Waals surface area contributed by atoms with Crippen molar-refractivity contribution in [1.29, 1.82) is 0 Å². The summed E-state index contributed by atoms with van der Waals surface area (Å²) in [5.74, 6) is -0.533. The molecule has 28 heavy (non-hydrogen) atoms. The summed E-state index contributed by atoms with van der Waals surface area (Å²) < 4.78 is 39.8. The number of fused-ring (bicyclic) bond motifs is 1. The van der Waals surface area contributed by atoms with Crippen LogP contribution in [0.4, 0.5) is 18.9 Å². The predicted octanol–water partition coefficient (Wildman–Crippen LogP) is 4.05. The lowest BCUT2D eigenvalue weighted by molar-refractivity contribution is -0.137. The molecule has 10 heteroatoms. The number of carbonyl (C=O) groups is 1. The second kappa shape index (κ2) is 8.20. The number of hydrogen-bond acceptors (Lipinski definition) is 5. The number of halogens is 3. The molecule has 150 valence electrons. The van der Waals surface area contributed by atoms with Gasteiger partial charge in [-0.1, -0.05) is 24.8 Å². The quantitative estimate of drug-likeness (QED) is 0.574. The van der Waals surface area contributed by atoms with Crippen LogP contribution in [0.3, 0.4) is 0 Å². The summed E-state index contributed by atoms with van der Waals surface area (Å²) in [4.78, 5) is 30.0. The van der Waals surface area contributed by atoms with Crippen LogP contribution in [0.1, 0.15) is 25.1 Å². The van der Waals surface area contributed by atoms with Gasteiger partial charge in [-0.2, -0.15) is 13.2 Å². The molecule has 0 unspecified atom stereocenters. The van der Waals surface area contributed by atoms with E-state index < -0.39 is 17.6 Å². The summed E-state index contributed by atoms with van der Waals surface area (Å²) in [7, 11) is 0. The van der Waals surface area contributed by atoms with E-state index >= 15 is 0 Å². The van der Waals surface area contributed by atoms with E-state index in [0.717, 1.165) is 29.6 Å². The first-order chi connectivity index (χ1) is 13.2. The van der Waals surface area contributed by atoms with E-state index in [1.807, 2.05) is 13.8 Å². The first kappa shape index (κ1) is 20.8. The number of alkyl halides is 3. The normalized spacial score (nSPS) is 16.1. The summed E-state index contributed by atoms with van der Waals surface area (Å²) in [6.45, 7) is 4.27. The van der Waals surface area contributed by atoms with Gasteiger partial charge >= 0.3 is 6.18 Å². The van der Waals surface area contributed by atoms with Gasteiger partial charge in [-0.3, -0.25) is 14.2 Å². The van der Waals surface area contributed by atoms with Gasteiger partial charge < -0.3 is 5.32 Å². The Morgan fingerprint density at radius 2 is 2.18 bits per heavy atom. The maximum atomic E-state index is 12.8. The third-order valence-corrected chi connectivity index (χ3v) is 6.28. The van der Waals surface area contributed by atoms with E-state index in [9.17, 15) is 22.8 Å². The molecule has 0 aliphatic carbocycles. The highest BCUT2D eigenvalue weighted by Gasteiger charge is 2.30. The second-order valence-corrected chi connectivity index (χ2v) is 8.66. The van der Waals surface area contributed by atoms with Gasteiger partial charge in [0.25, 0.3) is 5.56 Å². The predicted molar refractivity (Wildman–Crippen MR) is 104 cm³/mol. The minimum absolute atomic E-state index is 0.0653. The Morgan fingerprint density at radius 1 is 1.43 bits per heavy atom. The molecule has 0 radical (unpaired) electrons. The Bertz CT molecular complexity index is 960. The van der Waals surface area contributed by atoms with Crippen LogP contribution in [-0.2, 0) is 23.9 Å². The first-order valence-electron chi connectivity index (χ1n) is 8.59. The smallest absolute Gasteiger partial charge is 0.325 e. The number of benzene rings is 1. The van der Waals surface area contributed by atoms with Crippen molar-refractivity contribution < 1.29 is 18.0 Å². The lowest BCUT2D eigenvalue weighted by atomic mass is 10.2. The van der Waals surface area contributed by atoms with Crippen LogP contribution in [0, 0.1) is 0 Å². The van der Waals surface area contributed by atoms with Crippen LogP contribution in [-0.4, -0.2) is 26.5 Å². The van der Waals surface area contributed by atoms with Crippen molar-refractivity contribution in [2.75, 3.05) is 11.1 Å². The Labute approximate surface area is 168 Å². The number of hydrogen-bond donors (Lipinski definition) is 1. The van der Waals surface area contributed by atoms with Crippen LogP contribution >= 0.6 is 23.5 Å². The number of amides is 1. The van der Waals surface area contributed by atoms with Crippen molar-refractivity contribution in [3.63, 3.8) is 0 Å². The number of carbonyl (C=O) groups excluding carboxylic acids is 1. The zero-order chi connectivity index (χ0) is 20.5. The van der Waals surface area contributed by atoms with Crippen LogP contribution in [0.25, 0.3) is 0 Å². The van der Waals surface area contributed by atoms with Crippen molar-refractivity contribution in [2.45, 2.75) is 48.3 Å². The van der Waals surface area contributed by atoms with Crippen molar-refractivity contribution in [3.8, 4) is 0 Å². The molecule has 0 bridgehead atoms. The van der Waals surface area contributed by atoms with Gasteiger partial charge in [-0.25, -0.2) is 4.98 Å². The Hall–Kier alpha value is -1.94. The summed E-state index contributed by atoms with van der Waals surface area (Å²) in [6.07, 6.45) is -3.78. The molecule has 1 atom stereocenters. The van der Waals surface area contributed by atoms with E-state index in [2.05, 4.69) is 10.3 Å². The average molecular weight is 429 g/mol. The third-order valence-electron chi connectivity index (χ3n) is 4.09. The number of nitrogens with zero attached hydrogens (tertiary/aromatic N) is 2. The first-order valence-corrected chi connectivity index (χ1v) is 10.5. The van der Waals surface area contributed by atoms with Crippen molar-refractivity contribution in [1.82, 2.24) is 9.55 Å². The number of thioether (sulfide) groups is 2. The van der Waals surface area contributed by atoms with Gasteiger partial charge in [-0.15, -0.1) is 11.8 Å². The summed E-state index contributed by atoms with van der Waals surface area (Å²) in [5, 5.41) is 3.18. The van der Waals surface area contributed by atoms with E-state index in [4.69, 9.17) is 0 Å². The highest BCUT2D eigenvalue weighted by Crippen LogP contribution is 2.34. The highest BCUT2D eigenvalue weighted by atomic mass is 32.2. The minimum atomic E-state index is -4.48. The summed E-state index contributed by atoms with van der Waals surface area (Å²) in [5.41, 5.74) is -0.124. The van der Waals surface area contributed by atoms with Gasteiger partial charge in [0.2, 0.25) is 5.91 Å². The van der Waals surface area contributed by atoms with Gasteiger partial charge in [0.15, 0.2) is 5.16 Å². The molecule has 0 saturated carbocycles. The summed E-state index contributed by atoms with van der Waals surface area (Å²) >= 11 is 2.61. The fourth-order valence-electron chi connectivity index (χ4n) is 2.82. The molecule has 1 aromatic carbocycles. The highest BCUT2D eigenvalue weighted by molar-refractivity contribution is 8.00. The SMILES string of the molecule is CCn1c(SCC(=O)Nc2cccc(C(F)(F)F)c2)nc2c(c1=O)S[C@H](C)C2. The number of anilines is 1. The van der Waals surface area contributed by atoms with Crippen molar-refractivity contribution in [2.24, 2.45) is 0 Å². The molecule has 2 heterocycles. The summed E-state index contributed by atoms with van der Waals surface area (Å²) in [6, 6.07) is 4.46. The Balaban J connectivity index is 1.71. The molecule has 1 aliphatic heterocycles. The van der Waals surface area contributed by atoms with E-state index in [-0.39, 0.29) is 22.2 Å². The van der Waals surface area contributed by atoms with Crippen molar-refractivity contribution in [3.05, 3.63) is 45.9 Å². The fourth-order valence-corrected chi connectivity index (χ4v) is 4.82. The number of nitrogens with one attached hydrogen (secondary N) is 1. The van der Waals surface area contributed by atoms with Crippen LogP contribution in [0.2, 0.25) is 0 Å². The number of aromatic nitrogens is 2. The maximum absolute atomic E-state index is 12.8. The van der Waals surface area contributed by atoms with E-state index in [1.54, 1.807) is 0 Å². The molecule has 0 saturated heterocycles. The molecule has 1 aromatic heterocycles. The Morgan fingerprint density at radius 3 is 2.86 bits per heavy atom. The molecule has 5 nitrogen and oxygen atoms in total. The minimum Gasteiger partial charge on any atom is -0.325 e. The molecule has 0 fully saturated rings. The number of rotatable bonds is 5. The maximum Gasteiger partial charge on any atom is 0.416 e. The van der Waals surface area contributed by atoms with E-state index in [1.165, 1.54) is 28.5 Å². The van der Waals surface area contributed by atoms with Gasteiger partial charge in [0, 0.05) is 23.9 Å². The largest absolute Gasteiger partial charge is 0.416 e. The molecule has 1 N–H and O–H groups in total. The average Bonchev–Trinajstić information content (AvgIpc) is 3.00. The molecule has 3 rings (SSSR count). The van der Waals surface area contributed by atoms with E-state index in [0.29, 0.717) is 23.0 Å². The van der Waals surface area contributed by atoms with Crippen LogP contribution in [0.5, 0.6) is 0 Å². The molecule has 1 aliphatic rings. The second-order valence-electron chi connectivity index (χ2n) is 6.27. The van der Waals surface area contributed by atoms with Gasteiger partial charge in [0.1, 0.15) is 0 Å². The topological polar surface area (TPSA) is 64.0 Å². The van der Waals surface area contributed by atoms with Crippen molar-refractivity contribution >= 4 is 35.1 Å². The fraction of sp³-hybridized carbons (Fsp3) is 0.389. The van der Waals surface area contributed by atoms with Crippen LogP contribution < -0.4 is 10.9 Å². The monoisotopic (exact) mass is 429 g/mol. The molecular weight excluding hydrogens is 411 g/mol. The molecular formula is C18H18F3N3O2S2. The molecule has 0 spiro atoms. The van der Waals surface area contributed by atoms with Gasteiger partial charge in [0.05, 0.1) is 21.9 Å². The third kappa shape index (κ3) is 4.54. The molecule has 1 amide bonds. The van der Waals surface area contributed by atoms with Crippen LogP contribution in [0.15, 0.2) is 39.1 Å². The van der Waals surface area contributed by atoms with Gasteiger partial charge in [-0.05, 0) is 25.1 Å². The lowest BCUT2D eigenvalue weighted by Crippen LogP contribution is -2.25.